The van der Waals surface area contributed by atoms with Crippen molar-refractivity contribution in [3.8, 4) is 0 Å². The molecule has 1 aromatic rings. The van der Waals surface area contributed by atoms with Crippen molar-refractivity contribution in [2.24, 2.45) is 0 Å². The molecule has 1 aromatic carbocycles. The summed E-state index contributed by atoms with van der Waals surface area (Å²) >= 11 is 0. The smallest absolute Gasteiger partial charge is 0.338 e. The van der Waals surface area contributed by atoms with Crippen LogP contribution in [0.3, 0.4) is 0 Å². The summed E-state index contributed by atoms with van der Waals surface area (Å²) in [5, 5.41) is 13.5. The van der Waals surface area contributed by atoms with E-state index < -0.39 is 34.9 Å². The van der Waals surface area contributed by atoms with E-state index in [4.69, 9.17) is 9.84 Å². The molecule has 2 amide bonds. The van der Waals surface area contributed by atoms with Crippen LogP contribution >= 0.6 is 0 Å². The molecule has 1 saturated heterocycles. The molecule has 21 heavy (non-hydrogen) atoms. The van der Waals surface area contributed by atoms with Gasteiger partial charge in [-0.15, -0.1) is 0 Å². The second kappa shape index (κ2) is 6.04. The van der Waals surface area contributed by atoms with Gasteiger partial charge in [-0.25, -0.2) is 18.4 Å². The van der Waals surface area contributed by atoms with E-state index in [0.29, 0.717) is 19.1 Å². The second-order valence-electron chi connectivity index (χ2n) is 4.69. The maximum atomic E-state index is 13.5. The van der Waals surface area contributed by atoms with Gasteiger partial charge in [0.25, 0.3) is 0 Å². The average Bonchev–Trinajstić information content (AvgIpc) is 2.78. The SMILES string of the molecule is CC1OCCC1NC(=O)Nc1cc(C(=O)O)c(F)cc1F. The maximum absolute atomic E-state index is 13.5. The Hall–Kier alpha value is -2.22. The van der Waals surface area contributed by atoms with Crippen LogP contribution < -0.4 is 10.6 Å². The molecule has 3 N–H and O–H groups in total. The quantitative estimate of drug-likeness (QED) is 0.796. The maximum Gasteiger partial charge on any atom is 0.338 e. The third-order valence-corrected chi connectivity index (χ3v) is 3.23. The predicted molar refractivity (Wildman–Crippen MR) is 69.3 cm³/mol. The minimum atomic E-state index is -1.55. The number of anilines is 1. The van der Waals surface area contributed by atoms with Gasteiger partial charge in [0.1, 0.15) is 11.6 Å². The Labute approximate surface area is 119 Å². The molecular weight excluding hydrogens is 286 g/mol. The van der Waals surface area contributed by atoms with Crippen molar-refractivity contribution in [3.63, 3.8) is 0 Å². The Morgan fingerprint density at radius 1 is 1.33 bits per heavy atom. The number of nitrogens with one attached hydrogen (secondary N) is 2. The van der Waals surface area contributed by atoms with Gasteiger partial charge in [-0.2, -0.15) is 0 Å². The molecule has 2 unspecified atom stereocenters. The van der Waals surface area contributed by atoms with E-state index in [1.54, 1.807) is 6.92 Å². The van der Waals surface area contributed by atoms with Gasteiger partial charge in [0, 0.05) is 12.7 Å². The lowest BCUT2D eigenvalue weighted by Crippen LogP contribution is -2.41. The molecule has 1 fully saturated rings. The van der Waals surface area contributed by atoms with E-state index in [-0.39, 0.29) is 12.1 Å². The van der Waals surface area contributed by atoms with Gasteiger partial charge < -0.3 is 20.5 Å². The third kappa shape index (κ3) is 3.46. The third-order valence-electron chi connectivity index (χ3n) is 3.23. The van der Waals surface area contributed by atoms with Crippen LogP contribution in [-0.2, 0) is 4.74 Å². The molecular formula is C13H14F2N2O4. The number of urea groups is 1. The number of carbonyl (C=O) groups excluding carboxylic acids is 1. The lowest BCUT2D eigenvalue weighted by atomic mass is 10.1. The lowest BCUT2D eigenvalue weighted by molar-refractivity contribution is 0.0691. The highest BCUT2D eigenvalue weighted by Crippen LogP contribution is 2.20. The Balaban J connectivity index is 2.10. The largest absolute Gasteiger partial charge is 0.478 e. The molecule has 2 rings (SSSR count). The molecule has 1 aliphatic rings. The minimum Gasteiger partial charge on any atom is -0.478 e. The van der Waals surface area contributed by atoms with Crippen LogP contribution in [0.2, 0.25) is 0 Å². The fraction of sp³-hybridized carbons (Fsp3) is 0.385. The molecule has 6 nitrogen and oxygen atoms in total. The van der Waals surface area contributed by atoms with Crippen molar-refractivity contribution in [3.05, 3.63) is 29.3 Å². The van der Waals surface area contributed by atoms with E-state index in [1.807, 2.05) is 0 Å². The average molecular weight is 300 g/mol. The van der Waals surface area contributed by atoms with Crippen molar-refractivity contribution in [1.29, 1.82) is 0 Å². The highest BCUT2D eigenvalue weighted by atomic mass is 19.1. The molecule has 1 aliphatic heterocycles. The fourth-order valence-corrected chi connectivity index (χ4v) is 2.06. The van der Waals surface area contributed by atoms with Crippen molar-refractivity contribution in [2.45, 2.75) is 25.5 Å². The van der Waals surface area contributed by atoms with Crippen LogP contribution in [0.25, 0.3) is 0 Å². The van der Waals surface area contributed by atoms with Gasteiger partial charge in [-0.3, -0.25) is 0 Å². The van der Waals surface area contributed by atoms with Crippen LogP contribution in [0.1, 0.15) is 23.7 Å². The van der Waals surface area contributed by atoms with Gasteiger partial charge in [0.05, 0.1) is 23.4 Å². The van der Waals surface area contributed by atoms with Crippen LogP contribution in [0.4, 0.5) is 19.3 Å². The second-order valence-corrected chi connectivity index (χ2v) is 4.69. The number of benzene rings is 1. The molecule has 1 heterocycles. The highest BCUT2D eigenvalue weighted by molar-refractivity contribution is 5.93. The van der Waals surface area contributed by atoms with Crippen molar-refractivity contribution < 1.29 is 28.2 Å². The zero-order valence-corrected chi connectivity index (χ0v) is 11.2. The van der Waals surface area contributed by atoms with E-state index in [2.05, 4.69) is 10.6 Å². The molecule has 0 saturated carbocycles. The number of carboxylic acids is 1. The van der Waals surface area contributed by atoms with Gasteiger partial charge in [-0.05, 0) is 19.4 Å². The predicted octanol–water partition coefficient (Wildman–Crippen LogP) is 1.96. The summed E-state index contributed by atoms with van der Waals surface area (Å²) in [6.45, 7) is 2.30. The molecule has 0 radical (unpaired) electrons. The molecule has 0 aliphatic carbocycles. The molecule has 2 atom stereocenters. The molecule has 0 bridgehead atoms. The summed E-state index contributed by atoms with van der Waals surface area (Å²) < 4.78 is 32.0. The number of carboxylic acid groups (broad SMARTS) is 1. The number of hydrogen-bond acceptors (Lipinski definition) is 3. The van der Waals surface area contributed by atoms with Crippen molar-refractivity contribution in [1.82, 2.24) is 5.32 Å². The Morgan fingerprint density at radius 2 is 2.05 bits per heavy atom. The fourth-order valence-electron chi connectivity index (χ4n) is 2.06. The number of ether oxygens (including phenoxy) is 1. The number of rotatable bonds is 3. The van der Waals surface area contributed by atoms with E-state index in [9.17, 15) is 18.4 Å². The van der Waals surface area contributed by atoms with E-state index in [0.717, 1.165) is 6.07 Å². The molecule has 8 heteroatoms. The van der Waals surface area contributed by atoms with Gasteiger partial charge in [0.2, 0.25) is 0 Å². The topological polar surface area (TPSA) is 87.7 Å². The van der Waals surface area contributed by atoms with Gasteiger partial charge in [-0.1, -0.05) is 0 Å². The lowest BCUT2D eigenvalue weighted by Gasteiger charge is -2.17. The molecule has 0 aromatic heterocycles. The Morgan fingerprint density at radius 3 is 2.62 bits per heavy atom. The van der Waals surface area contributed by atoms with Crippen molar-refractivity contribution >= 4 is 17.7 Å². The number of hydrogen-bond donors (Lipinski definition) is 3. The number of carbonyl (C=O) groups is 2. The minimum absolute atomic E-state index is 0.164. The first-order valence-corrected chi connectivity index (χ1v) is 6.30. The first-order valence-electron chi connectivity index (χ1n) is 6.30. The zero-order chi connectivity index (χ0) is 15.6. The highest BCUT2D eigenvalue weighted by Gasteiger charge is 2.26. The van der Waals surface area contributed by atoms with Crippen LogP contribution in [0, 0.1) is 11.6 Å². The summed E-state index contributed by atoms with van der Waals surface area (Å²) in [7, 11) is 0. The first kappa shape index (κ1) is 15.2. The number of amides is 2. The van der Waals surface area contributed by atoms with Crippen LogP contribution in [0.15, 0.2) is 12.1 Å². The standard InChI is InChI=1S/C13H14F2N2O4/c1-6-10(2-3-21-6)16-13(20)17-11-4-7(12(18)19)8(14)5-9(11)15/h4-6,10H,2-3H2,1H3,(H,18,19)(H2,16,17,20). The van der Waals surface area contributed by atoms with Crippen molar-refractivity contribution in [2.75, 3.05) is 11.9 Å². The normalized spacial score (nSPS) is 21.1. The van der Waals surface area contributed by atoms with E-state index >= 15 is 0 Å². The van der Waals surface area contributed by atoms with Crippen LogP contribution in [-0.4, -0.2) is 35.9 Å². The van der Waals surface area contributed by atoms with Gasteiger partial charge in [0.15, 0.2) is 0 Å². The Bertz CT molecular complexity index is 580. The van der Waals surface area contributed by atoms with Gasteiger partial charge >= 0.3 is 12.0 Å². The Kier molecular flexibility index (Phi) is 4.37. The van der Waals surface area contributed by atoms with Crippen LogP contribution in [0.5, 0.6) is 0 Å². The summed E-state index contributed by atoms with van der Waals surface area (Å²) in [5.41, 5.74) is -1.12. The molecule has 0 spiro atoms. The summed E-state index contributed by atoms with van der Waals surface area (Å²) in [6, 6.07) is 0.230. The molecule has 114 valence electrons. The summed E-state index contributed by atoms with van der Waals surface area (Å²) in [5.74, 6) is -3.80. The van der Waals surface area contributed by atoms with E-state index in [1.165, 1.54) is 0 Å². The number of halogens is 2. The zero-order valence-electron chi connectivity index (χ0n) is 11.2. The first-order chi connectivity index (χ1) is 9.88. The number of aromatic carboxylic acids is 1. The summed E-state index contributed by atoms with van der Waals surface area (Å²) in [4.78, 5) is 22.5. The summed E-state index contributed by atoms with van der Waals surface area (Å²) in [6.07, 6.45) is 0.462. The monoisotopic (exact) mass is 300 g/mol.